The first-order valence-corrected chi connectivity index (χ1v) is 12.4. The molecule has 0 fully saturated rings. The predicted octanol–water partition coefficient (Wildman–Crippen LogP) is 0.802. The molecule has 0 rings (SSSR count). The topological polar surface area (TPSA) is 58.9 Å². The van der Waals surface area contributed by atoms with Gasteiger partial charge in [0.15, 0.2) is 19.5 Å². The zero-order chi connectivity index (χ0) is 15.4. The summed E-state index contributed by atoms with van der Waals surface area (Å²) in [6.07, 6.45) is 2.19. The van der Waals surface area contributed by atoms with Crippen LogP contribution in [-0.2, 0) is 8.85 Å². The fraction of sp³-hybridized carbons (Fsp3) is 1.00. The quantitative estimate of drug-likeness (QED) is 0.375. The Morgan fingerprint density at radius 1 is 0.850 bits per heavy atom. The molecule has 0 aliphatic rings. The second-order valence-electron chi connectivity index (χ2n) is 4.91. The van der Waals surface area contributed by atoms with E-state index in [1.165, 1.54) is 0 Å². The molecular weight excluding hydrogens is 328 g/mol. The highest BCUT2D eigenvalue weighted by Crippen LogP contribution is 2.33. The lowest BCUT2D eigenvalue weighted by molar-refractivity contribution is 0.134. The average molecular weight is 359 g/mol. The van der Waals surface area contributed by atoms with Crippen LogP contribution in [0, 0.1) is 0 Å². The smallest absolute Gasteiger partial charge is 0.175 e. The number of aliphatic hydroxyl groups excluding tert-OH is 2. The number of hydrogen-bond acceptors (Lipinski definition) is 6. The maximum Gasteiger partial charge on any atom is 0.175 e. The van der Waals surface area contributed by atoms with Crippen LogP contribution in [0.2, 0.25) is 0 Å². The normalized spacial score (nSPS) is 18.9. The molecule has 2 N–H and O–H groups in total. The second-order valence-corrected chi connectivity index (χ2v) is 12.3. The minimum atomic E-state index is -0.601. The van der Waals surface area contributed by atoms with Gasteiger partial charge in [-0.25, -0.2) is 0 Å². The van der Waals surface area contributed by atoms with E-state index in [2.05, 4.69) is 13.8 Å². The summed E-state index contributed by atoms with van der Waals surface area (Å²) in [6, 6.07) is 0. The van der Waals surface area contributed by atoms with E-state index in [1.54, 1.807) is 0 Å². The molecule has 4 unspecified atom stereocenters. The third kappa shape index (κ3) is 10.7. The van der Waals surface area contributed by atoms with E-state index >= 15 is 0 Å². The third-order valence-corrected chi connectivity index (χ3v) is 12.9. The molecule has 0 spiro atoms. The van der Waals surface area contributed by atoms with Crippen LogP contribution in [0.25, 0.3) is 0 Å². The van der Waals surface area contributed by atoms with Crippen molar-refractivity contribution in [3.8, 4) is 0 Å². The van der Waals surface area contributed by atoms with E-state index in [0.29, 0.717) is 9.75 Å². The molecule has 0 aliphatic carbocycles. The first kappa shape index (κ1) is 21.0. The van der Waals surface area contributed by atoms with Crippen LogP contribution < -0.4 is 0 Å². The summed E-state index contributed by atoms with van der Waals surface area (Å²) >= 11 is 0. The van der Waals surface area contributed by atoms with Crippen molar-refractivity contribution < 1.29 is 19.1 Å². The minimum Gasteiger partial charge on any atom is -0.418 e. The van der Waals surface area contributed by atoms with Crippen LogP contribution in [0.4, 0.5) is 0 Å². The standard InChI is InChI=1S/C12H30O4S2Si2/c1-5-11(19-15-9(3)7-13)17-18-12(6-2)20-16-10(4)8-14/h9-14H,5-8,19-20H2,1-4H3. The van der Waals surface area contributed by atoms with Crippen LogP contribution >= 0.6 is 21.6 Å². The first-order valence-electron chi connectivity index (χ1n) is 7.34. The van der Waals surface area contributed by atoms with Gasteiger partial charge in [0.1, 0.15) is 0 Å². The van der Waals surface area contributed by atoms with Gasteiger partial charge in [-0.2, -0.15) is 0 Å². The first-order chi connectivity index (χ1) is 9.57. The summed E-state index contributed by atoms with van der Waals surface area (Å²) in [4.78, 5) is 1.18. The van der Waals surface area contributed by atoms with Crippen molar-refractivity contribution in [1.29, 1.82) is 0 Å². The lowest BCUT2D eigenvalue weighted by Gasteiger charge is -2.20. The highest BCUT2D eigenvalue weighted by atomic mass is 33.1. The van der Waals surface area contributed by atoms with E-state index in [0.717, 1.165) is 12.8 Å². The average Bonchev–Trinajstić information content (AvgIpc) is 2.49. The van der Waals surface area contributed by atoms with Gasteiger partial charge in [0.2, 0.25) is 0 Å². The molecule has 4 nitrogen and oxygen atoms in total. The van der Waals surface area contributed by atoms with Gasteiger partial charge in [0.25, 0.3) is 0 Å². The van der Waals surface area contributed by atoms with Gasteiger partial charge >= 0.3 is 0 Å². The van der Waals surface area contributed by atoms with E-state index in [-0.39, 0.29) is 25.4 Å². The van der Waals surface area contributed by atoms with Gasteiger partial charge in [-0.05, 0) is 26.7 Å². The van der Waals surface area contributed by atoms with Crippen LogP contribution in [0.5, 0.6) is 0 Å². The molecule has 20 heavy (non-hydrogen) atoms. The molecule has 0 aromatic rings. The largest absolute Gasteiger partial charge is 0.418 e. The Morgan fingerprint density at radius 2 is 1.20 bits per heavy atom. The van der Waals surface area contributed by atoms with E-state index < -0.39 is 19.5 Å². The molecule has 4 atom stereocenters. The lowest BCUT2D eigenvalue weighted by Crippen LogP contribution is -2.25. The van der Waals surface area contributed by atoms with Crippen molar-refractivity contribution in [3.05, 3.63) is 0 Å². The fourth-order valence-electron chi connectivity index (χ4n) is 1.23. The van der Waals surface area contributed by atoms with Gasteiger partial charge in [0, 0.05) is 9.75 Å². The molecular formula is C12H30O4S2Si2. The molecule has 122 valence electrons. The van der Waals surface area contributed by atoms with Gasteiger partial charge in [0.05, 0.1) is 25.4 Å². The van der Waals surface area contributed by atoms with Crippen LogP contribution in [0.15, 0.2) is 0 Å². The predicted molar refractivity (Wildman–Crippen MR) is 95.7 cm³/mol. The molecule has 0 bridgehead atoms. The van der Waals surface area contributed by atoms with E-state index in [1.807, 2.05) is 35.4 Å². The van der Waals surface area contributed by atoms with Crippen LogP contribution in [0.3, 0.4) is 0 Å². The van der Waals surface area contributed by atoms with Crippen molar-refractivity contribution in [2.24, 2.45) is 0 Å². The zero-order valence-electron chi connectivity index (χ0n) is 13.1. The Balaban J connectivity index is 3.92. The molecule has 0 aromatic heterocycles. The van der Waals surface area contributed by atoms with Crippen molar-refractivity contribution in [2.75, 3.05) is 13.2 Å². The summed E-state index contributed by atoms with van der Waals surface area (Å²) in [7, 11) is 2.66. The third-order valence-electron chi connectivity index (χ3n) is 2.89. The van der Waals surface area contributed by atoms with Gasteiger partial charge in [-0.15, -0.1) is 0 Å². The molecule has 8 heteroatoms. The summed E-state index contributed by atoms with van der Waals surface area (Å²) in [6.45, 7) is 8.45. The van der Waals surface area contributed by atoms with E-state index in [4.69, 9.17) is 19.1 Å². The van der Waals surface area contributed by atoms with Crippen LogP contribution in [-0.4, -0.2) is 64.9 Å². The maximum atomic E-state index is 8.98. The van der Waals surface area contributed by atoms with Crippen LogP contribution in [0.1, 0.15) is 40.5 Å². The number of rotatable bonds is 13. The molecule has 0 radical (unpaired) electrons. The summed E-state index contributed by atoms with van der Waals surface area (Å²) in [5.74, 6) is 0. The Bertz CT molecular complexity index is 206. The van der Waals surface area contributed by atoms with Gasteiger partial charge in [-0.3, -0.25) is 0 Å². The molecule has 0 saturated heterocycles. The minimum absolute atomic E-state index is 0.0219. The summed E-state index contributed by atoms with van der Waals surface area (Å²) < 4.78 is 11.5. The SMILES string of the molecule is CCC([SiH2]OC(C)CO)SSC(CC)[SiH2]OC(C)CO. The Hall–Kier alpha value is 0.974. The monoisotopic (exact) mass is 358 g/mol. The fourth-order valence-corrected chi connectivity index (χ4v) is 8.68. The zero-order valence-corrected chi connectivity index (χ0v) is 17.5. The maximum absolute atomic E-state index is 8.98. The molecule has 0 aliphatic heterocycles. The van der Waals surface area contributed by atoms with Crippen molar-refractivity contribution in [2.45, 2.75) is 62.5 Å². The molecule has 0 heterocycles. The summed E-state index contributed by atoms with van der Waals surface area (Å²) in [5.41, 5.74) is 0. The lowest BCUT2D eigenvalue weighted by atomic mass is 10.5. The Labute approximate surface area is 136 Å². The highest BCUT2D eigenvalue weighted by molar-refractivity contribution is 8.77. The highest BCUT2D eigenvalue weighted by Gasteiger charge is 2.16. The van der Waals surface area contributed by atoms with Crippen molar-refractivity contribution >= 4 is 41.1 Å². The second kappa shape index (κ2) is 13.6. The summed E-state index contributed by atoms with van der Waals surface area (Å²) in [5, 5.41) is 18.0. The molecule has 0 aromatic carbocycles. The van der Waals surface area contributed by atoms with Crippen molar-refractivity contribution in [1.82, 2.24) is 0 Å². The van der Waals surface area contributed by atoms with Gasteiger partial charge < -0.3 is 19.1 Å². The van der Waals surface area contributed by atoms with E-state index in [9.17, 15) is 0 Å². The number of hydrogen-bond donors (Lipinski definition) is 2. The molecule has 0 saturated carbocycles. The van der Waals surface area contributed by atoms with Crippen molar-refractivity contribution in [3.63, 3.8) is 0 Å². The molecule has 0 amide bonds. The number of aliphatic hydroxyl groups is 2. The Kier molecular flexibility index (Phi) is 14.3. The Morgan fingerprint density at radius 3 is 1.45 bits per heavy atom. The van der Waals surface area contributed by atoms with Gasteiger partial charge in [-0.1, -0.05) is 35.4 Å².